The Balaban J connectivity index is 4.89. The van der Waals surface area contributed by atoms with Crippen molar-refractivity contribution >= 4 is 17.7 Å². The maximum Gasteiger partial charge on any atom is 0.243 e. The molecule has 7 unspecified atom stereocenters. The zero-order valence-corrected chi connectivity index (χ0v) is 35.7. The van der Waals surface area contributed by atoms with E-state index < -0.39 is 36.2 Å². The minimum atomic E-state index is -0.832. The normalized spacial score (nSPS) is 15.3. The van der Waals surface area contributed by atoms with Gasteiger partial charge in [-0.1, -0.05) is 12.8 Å². The predicted octanol–water partition coefficient (Wildman–Crippen LogP) is -2.20. The van der Waals surface area contributed by atoms with Crippen LogP contribution in [0.5, 0.6) is 0 Å². The molecule has 0 aromatic carbocycles. The molecule has 344 valence electrons. The van der Waals surface area contributed by atoms with Crippen LogP contribution in [0.1, 0.15) is 116 Å². The van der Waals surface area contributed by atoms with Crippen molar-refractivity contribution in [3.8, 4) is 0 Å². The Labute approximate surface area is 348 Å². The Hall–Kier alpha value is -2.15. The van der Waals surface area contributed by atoms with Crippen LogP contribution >= 0.6 is 0 Å². The van der Waals surface area contributed by atoms with Crippen molar-refractivity contribution in [2.75, 3.05) is 66.0 Å². The molecule has 0 radical (unpaired) electrons. The molecule has 7 atom stereocenters. The molecule has 0 bridgehead atoms. The van der Waals surface area contributed by atoms with Gasteiger partial charge in [0.1, 0.15) is 44.2 Å². The van der Waals surface area contributed by atoms with Crippen LogP contribution in [0.25, 0.3) is 0 Å². The van der Waals surface area contributed by atoms with Gasteiger partial charge in [0.25, 0.3) is 0 Å². The Kier molecular flexibility index (Phi) is 37.6. The smallest absolute Gasteiger partial charge is 0.243 e. The lowest BCUT2D eigenvalue weighted by Gasteiger charge is -2.25. The number of rotatable bonds is 42. The fraction of sp³-hybridized carbons (Fsp3) is 0.921. The maximum absolute atomic E-state index is 13.4. The number of carbonyl (C=O) groups excluding carboxylic acids is 3. The number of hydrogen-bond acceptors (Lipinski definition) is 17. The van der Waals surface area contributed by atoms with Gasteiger partial charge in [-0.25, -0.2) is 0 Å². The zero-order chi connectivity index (χ0) is 43.2. The summed E-state index contributed by atoms with van der Waals surface area (Å²) in [6, 6.07) is -2.18. The lowest BCUT2D eigenvalue weighted by atomic mass is 10.0. The SMILES string of the molecule is CC(CCCCNC(=O)C(CCCCN)NC(=O)C(CCCCN)NC(=O)C(N)CCCCN)NCOC(CCCN)NCOC(CCCN)NCOC(N)CCN. The number of carbonyl (C=O) groups is 3. The first kappa shape index (κ1) is 55.9. The molecular formula is C38H86N14O6. The fourth-order valence-corrected chi connectivity index (χ4v) is 5.85. The summed E-state index contributed by atoms with van der Waals surface area (Å²) in [4.78, 5) is 39.6. The van der Waals surface area contributed by atoms with E-state index in [-0.39, 0.29) is 37.9 Å². The first-order chi connectivity index (χ1) is 28.1. The van der Waals surface area contributed by atoms with E-state index >= 15 is 0 Å². The van der Waals surface area contributed by atoms with Crippen molar-refractivity contribution in [3.63, 3.8) is 0 Å². The Bertz CT molecular complexity index is 994. The van der Waals surface area contributed by atoms with Crippen LogP contribution in [0.2, 0.25) is 0 Å². The van der Waals surface area contributed by atoms with Gasteiger partial charge in [0.2, 0.25) is 17.7 Å². The van der Waals surface area contributed by atoms with E-state index in [0.717, 1.165) is 44.9 Å². The van der Waals surface area contributed by atoms with Crippen LogP contribution in [0.3, 0.4) is 0 Å². The van der Waals surface area contributed by atoms with Crippen LogP contribution < -0.4 is 77.8 Å². The molecule has 0 aromatic heterocycles. The van der Waals surface area contributed by atoms with E-state index in [9.17, 15) is 14.4 Å². The fourth-order valence-electron chi connectivity index (χ4n) is 5.85. The lowest BCUT2D eigenvalue weighted by Crippen LogP contribution is -2.55. The molecule has 0 aliphatic heterocycles. The van der Waals surface area contributed by atoms with Crippen LogP contribution in [0.15, 0.2) is 0 Å². The van der Waals surface area contributed by atoms with Gasteiger partial charge in [0.05, 0.1) is 12.8 Å². The first-order valence-electron chi connectivity index (χ1n) is 21.7. The second-order valence-corrected chi connectivity index (χ2v) is 14.8. The molecule has 0 saturated heterocycles. The largest absolute Gasteiger partial charge is 0.354 e. The highest BCUT2D eigenvalue weighted by atomic mass is 16.5. The summed E-state index contributed by atoms with van der Waals surface area (Å²) in [6.07, 6.45) is 10.6. The summed E-state index contributed by atoms with van der Waals surface area (Å²) < 4.78 is 17.6. The molecule has 0 fully saturated rings. The number of amides is 3. The topological polar surface area (TPSA) is 359 Å². The number of hydrogen-bond donors (Lipinski definition) is 14. The quantitative estimate of drug-likeness (QED) is 0.0229. The van der Waals surface area contributed by atoms with Gasteiger partial charge in [-0.15, -0.1) is 0 Å². The summed E-state index contributed by atoms with van der Waals surface area (Å²) in [5.41, 5.74) is 45.9. The van der Waals surface area contributed by atoms with E-state index in [4.69, 9.17) is 60.1 Å². The summed E-state index contributed by atoms with van der Waals surface area (Å²) in [6.45, 7) is 6.38. The van der Waals surface area contributed by atoms with Crippen molar-refractivity contribution in [2.45, 2.75) is 159 Å². The highest BCUT2D eigenvalue weighted by Gasteiger charge is 2.27. The molecule has 0 heterocycles. The second-order valence-electron chi connectivity index (χ2n) is 14.8. The molecule has 22 N–H and O–H groups in total. The van der Waals surface area contributed by atoms with Gasteiger partial charge < -0.3 is 76.0 Å². The van der Waals surface area contributed by atoms with Gasteiger partial charge in [-0.2, -0.15) is 0 Å². The van der Waals surface area contributed by atoms with Crippen LogP contribution in [-0.4, -0.2) is 127 Å². The predicted molar refractivity (Wildman–Crippen MR) is 230 cm³/mol. The number of nitrogens with two attached hydrogens (primary N) is 8. The highest BCUT2D eigenvalue weighted by molar-refractivity contribution is 5.93. The van der Waals surface area contributed by atoms with Gasteiger partial charge >= 0.3 is 0 Å². The van der Waals surface area contributed by atoms with Crippen molar-refractivity contribution < 1.29 is 28.6 Å². The molecule has 20 heteroatoms. The average Bonchev–Trinajstić information content (AvgIpc) is 3.20. The standard InChI is InChI=1S/C38H86N14O6/c1-29(48-26-57-35(17-11-23-43)50-28-58-34(16-10-22-42)49-27-56-33(46)18-24-44)12-5-9-25-47-37(54)31(14-3-7-20-40)52-38(55)32(15-4-8-21-41)51-36(53)30(45)13-2-6-19-39/h29-35,48-50H,2-28,39-46H2,1H3,(H,47,54)(H,51,53)(H,52,55). The maximum atomic E-state index is 13.4. The van der Waals surface area contributed by atoms with Crippen molar-refractivity contribution in [1.82, 2.24) is 31.9 Å². The molecule has 0 saturated carbocycles. The van der Waals surface area contributed by atoms with E-state index in [2.05, 4.69) is 38.8 Å². The van der Waals surface area contributed by atoms with Gasteiger partial charge in [-0.05, 0) is 143 Å². The molecule has 0 spiro atoms. The van der Waals surface area contributed by atoms with E-state index in [0.29, 0.717) is 117 Å². The zero-order valence-electron chi connectivity index (χ0n) is 35.7. The van der Waals surface area contributed by atoms with E-state index in [1.165, 1.54) is 0 Å². The Morgan fingerprint density at radius 2 is 0.931 bits per heavy atom. The third kappa shape index (κ3) is 30.8. The minimum Gasteiger partial charge on any atom is -0.354 e. The average molecular weight is 835 g/mol. The third-order valence-corrected chi connectivity index (χ3v) is 9.54. The molecule has 0 aliphatic rings. The molecule has 0 aliphatic carbocycles. The first-order valence-corrected chi connectivity index (χ1v) is 21.7. The summed E-state index contributed by atoms with van der Waals surface area (Å²) in [5, 5.41) is 18.6. The number of nitrogens with one attached hydrogen (secondary N) is 6. The van der Waals surface area contributed by atoms with E-state index in [1.807, 2.05) is 0 Å². The van der Waals surface area contributed by atoms with Crippen molar-refractivity contribution in [1.29, 1.82) is 0 Å². The van der Waals surface area contributed by atoms with Crippen LogP contribution in [0, 0.1) is 0 Å². The summed E-state index contributed by atoms with van der Waals surface area (Å²) >= 11 is 0. The number of unbranched alkanes of at least 4 members (excludes halogenated alkanes) is 4. The summed E-state index contributed by atoms with van der Waals surface area (Å²) in [7, 11) is 0. The monoisotopic (exact) mass is 835 g/mol. The third-order valence-electron chi connectivity index (χ3n) is 9.54. The molecule has 58 heavy (non-hydrogen) atoms. The van der Waals surface area contributed by atoms with Crippen molar-refractivity contribution in [2.24, 2.45) is 45.9 Å². The second kappa shape index (κ2) is 39.0. The minimum absolute atomic E-state index is 0.168. The van der Waals surface area contributed by atoms with Gasteiger partial charge in [-0.3, -0.25) is 30.3 Å². The Morgan fingerprint density at radius 1 is 0.466 bits per heavy atom. The van der Waals surface area contributed by atoms with Gasteiger partial charge in [0, 0.05) is 12.6 Å². The highest BCUT2D eigenvalue weighted by Crippen LogP contribution is 2.08. The molecule has 0 rings (SSSR count). The molecular weight excluding hydrogens is 749 g/mol. The Morgan fingerprint density at radius 3 is 1.47 bits per heavy atom. The van der Waals surface area contributed by atoms with Crippen LogP contribution in [0.4, 0.5) is 0 Å². The molecule has 0 aromatic rings. The van der Waals surface area contributed by atoms with Crippen molar-refractivity contribution in [3.05, 3.63) is 0 Å². The molecule has 3 amide bonds. The van der Waals surface area contributed by atoms with Crippen LogP contribution in [-0.2, 0) is 28.6 Å². The summed E-state index contributed by atoms with van der Waals surface area (Å²) in [5.74, 6) is -1.09. The number of ether oxygens (including phenoxy) is 3. The van der Waals surface area contributed by atoms with E-state index in [1.54, 1.807) is 0 Å². The van der Waals surface area contributed by atoms with Gasteiger partial charge in [0.15, 0.2) is 0 Å². The lowest BCUT2D eigenvalue weighted by molar-refractivity contribution is -0.132. The molecule has 20 nitrogen and oxygen atoms in total.